The van der Waals surface area contributed by atoms with E-state index in [-0.39, 0.29) is 17.9 Å². The predicted octanol–water partition coefficient (Wildman–Crippen LogP) is 4.64. The molecule has 27 heavy (non-hydrogen) atoms. The Morgan fingerprint density at radius 2 is 1.59 bits per heavy atom. The van der Waals surface area contributed by atoms with Crippen LogP contribution in [0.3, 0.4) is 0 Å². The van der Waals surface area contributed by atoms with Gasteiger partial charge >= 0.3 is 0 Å². The van der Waals surface area contributed by atoms with E-state index >= 15 is 0 Å². The highest BCUT2D eigenvalue weighted by Gasteiger charge is 2.25. The van der Waals surface area contributed by atoms with Crippen molar-refractivity contribution >= 4 is 35.0 Å². The maximum absolute atomic E-state index is 12.6. The number of rotatable bonds is 3. The largest absolute Gasteiger partial charge is 0.349 e. The molecule has 0 aliphatic carbocycles. The van der Waals surface area contributed by atoms with E-state index in [4.69, 9.17) is 23.2 Å². The molecule has 1 aliphatic heterocycles. The lowest BCUT2D eigenvalue weighted by Crippen LogP contribution is -2.46. The smallest absolute Gasteiger partial charge is 0.253 e. The molecule has 0 radical (unpaired) electrons. The average Bonchev–Trinajstić information content (AvgIpc) is 2.66. The number of amides is 2. The van der Waals surface area contributed by atoms with E-state index < -0.39 is 0 Å². The molecule has 0 saturated carbocycles. The van der Waals surface area contributed by atoms with Crippen molar-refractivity contribution < 1.29 is 9.59 Å². The first kappa shape index (κ1) is 19.7. The molecule has 1 N–H and O–H groups in total. The molecular weight excluding hydrogens is 383 g/mol. The average molecular weight is 405 g/mol. The lowest BCUT2D eigenvalue weighted by molar-refractivity contribution is 0.0698. The van der Waals surface area contributed by atoms with E-state index in [1.54, 1.807) is 23.1 Å². The van der Waals surface area contributed by atoms with Crippen LogP contribution in [-0.2, 0) is 0 Å². The monoisotopic (exact) mass is 404 g/mol. The lowest BCUT2D eigenvalue weighted by Gasteiger charge is -2.32. The first-order valence-corrected chi connectivity index (χ1v) is 9.73. The van der Waals surface area contributed by atoms with Crippen molar-refractivity contribution in [3.63, 3.8) is 0 Å². The van der Waals surface area contributed by atoms with Crippen LogP contribution in [0.2, 0.25) is 10.0 Å². The summed E-state index contributed by atoms with van der Waals surface area (Å²) in [4.78, 5) is 26.9. The van der Waals surface area contributed by atoms with Crippen molar-refractivity contribution in [3.05, 3.63) is 68.7 Å². The summed E-state index contributed by atoms with van der Waals surface area (Å²) in [6.45, 7) is 5.21. The van der Waals surface area contributed by atoms with Crippen molar-refractivity contribution in [1.29, 1.82) is 0 Å². The fourth-order valence-corrected chi connectivity index (χ4v) is 3.49. The Labute approximate surface area is 169 Å². The zero-order valence-electron chi connectivity index (χ0n) is 15.4. The van der Waals surface area contributed by atoms with E-state index in [1.165, 1.54) is 5.56 Å². The Hall–Kier alpha value is -2.04. The Morgan fingerprint density at radius 3 is 2.22 bits per heavy atom. The number of nitrogens with zero attached hydrogens (tertiary/aromatic N) is 1. The summed E-state index contributed by atoms with van der Waals surface area (Å²) < 4.78 is 0. The zero-order chi connectivity index (χ0) is 19.6. The molecule has 0 unspecified atom stereocenters. The van der Waals surface area contributed by atoms with Gasteiger partial charge in [0.2, 0.25) is 0 Å². The van der Waals surface area contributed by atoms with Crippen LogP contribution in [0.1, 0.15) is 44.7 Å². The molecule has 0 bridgehead atoms. The third-order valence-electron chi connectivity index (χ3n) is 5.05. The van der Waals surface area contributed by atoms with Gasteiger partial charge in [0.1, 0.15) is 0 Å². The maximum atomic E-state index is 12.6. The molecule has 6 heteroatoms. The Morgan fingerprint density at radius 1 is 0.926 bits per heavy atom. The number of carbonyl (C=O) groups is 2. The van der Waals surface area contributed by atoms with Crippen LogP contribution in [0.25, 0.3) is 0 Å². The summed E-state index contributed by atoms with van der Waals surface area (Å²) in [5, 5.41) is 3.89. The number of aryl methyl sites for hydroxylation is 2. The Balaban J connectivity index is 1.56. The van der Waals surface area contributed by atoms with Gasteiger partial charge in [-0.15, -0.1) is 0 Å². The molecule has 142 valence electrons. The highest BCUT2D eigenvalue weighted by Crippen LogP contribution is 2.24. The summed E-state index contributed by atoms with van der Waals surface area (Å²) in [6.07, 6.45) is 1.45. The topological polar surface area (TPSA) is 49.4 Å². The summed E-state index contributed by atoms with van der Waals surface area (Å²) in [6, 6.07) is 10.7. The van der Waals surface area contributed by atoms with Crippen LogP contribution in [0.4, 0.5) is 0 Å². The summed E-state index contributed by atoms with van der Waals surface area (Å²) in [7, 11) is 0. The van der Waals surface area contributed by atoms with Crippen LogP contribution in [-0.4, -0.2) is 35.8 Å². The fourth-order valence-electron chi connectivity index (χ4n) is 3.19. The third-order valence-corrected chi connectivity index (χ3v) is 5.79. The SMILES string of the molecule is Cc1ccc(C(=O)NC2CCN(C(=O)c3ccc(Cl)c(Cl)c3)CC2)cc1C. The number of halogens is 2. The second kappa shape index (κ2) is 8.32. The maximum Gasteiger partial charge on any atom is 0.253 e. The molecule has 1 saturated heterocycles. The van der Waals surface area contributed by atoms with E-state index in [0.717, 1.165) is 18.4 Å². The van der Waals surface area contributed by atoms with E-state index in [9.17, 15) is 9.59 Å². The van der Waals surface area contributed by atoms with Crippen LogP contribution in [0.15, 0.2) is 36.4 Å². The minimum Gasteiger partial charge on any atom is -0.349 e. The van der Waals surface area contributed by atoms with Crippen molar-refractivity contribution in [2.24, 2.45) is 0 Å². The van der Waals surface area contributed by atoms with Crippen molar-refractivity contribution in [3.8, 4) is 0 Å². The van der Waals surface area contributed by atoms with Crippen LogP contribution in [0.5, 0.6) is 0 Å². The second-order valence-corrected chi connectivity index (χ2v) is 7.78. The van der Waals surface area contributed by atoms with Gasteiger partial charge in [0.05, 0.1) is 10.0 Å². The number of likely N-dealkylation sites (tertiary alicyclic amines) is 1. The summed E-state index contributed by atoms with van der Waals surface area (Å²) >= 11 is 11.9. The summed E-state index contributed by atoms with van der Waals surface area (Å²) in [5.74, 6) is -0.125. The quantitative estimate of drug-likeness (QED) is 0.809. The molecular formula is C21H22Cl2N2O2. The highest BCUT2D eigenvalue weighted by atomic mass is 35.5. The first-order chi connectivity index (χ1) is 12.8. The van der Waals surface area contributed by atoms with Gasteiger partial charge in [0, 0.05) is 30.3 Å². The number of hydrogen-bond donors (Lipinski definition) is 1. The molecule has 0 atom stereocenters. The number of carbonyl (C=O) groups excluding carboxylic acids is 2. The van der Waals surface area contributed by atoms with Gasteiger partial charge in [0.15, 0.2) is 0 Å². The fraction of sp³-hybridized carbons (Fsp3) is 0.333. The van der Waals surface area contributed by atoms with Gasteiger partial charge < -0.3 is 10.2 Å². The molecule has 0 aromatic heterocycles. The van der Waals surface area contributed by atoms with Crippen molar-refractivity contribution in [2.75, 3.05) is 13.1 Å². The van der Waals surface area contributed by atoms with Crippen LogP contribution < -0.4 is 5.32 Å². The molecule has 1 aliphatic rings. The molecule has 4 nitrogen and oxygen atoms in total. The van der Waals surface area contributed by atoms with Crippen LogP contribution >= 0.6 is 23.2 Å². The van der Waals surface area contributed by atoms with E-state index in [0.29, 0.717) is 34.3 Å². The minimum absolute atomic E-state index is 0.0625. The zero-order valence-corrected chi connectivity index (χ0v) is 16.9. The number of benzene rings is 2. The lowest BCUT2D eigenvalue weighted by atomic mass is 10.0. The Bertz CT molecular complexity index is 874. The van der Waals surface area contributed by atoms with Crippen LogP contribution in [0, 0.1) is 13.8 Å². The molecule has 0 spiro atoms. The number of piperidine rings is 1. The third kappa shape index (κ3) is 4.63. The van der Waals surface area contributed by atoms with Gasteiger partial charge in [-0.05, 0) is 68.1 Å². The highest BCUT2D eigenvalue weighted by molar-refractivity contribution is 6.42. The van der Waals surface area contributed by atoms with E-state index in [1.807, 2.05) is 32.0 Å². The van der Waals surface area contributed by atoms with Gasteiger partial charge in [0.25, 0.3) is 11.8 Å². The molecule has 1 heterocycles. The van der Waals surface area contributed by atoms with E-state index in [2.05, 4.69) is 5.32 Å². The van der Waals surface area contributed by atoms with Gasteiger partial charge in [-0.2, -0.15) is 0 Å². The molecule has 3 rings (SSSR count). The minimum atomic E-state index is -0.0626. The normalized spacial score (nSPS) is 14.9. The second-order valence-electron chi connectivity index (χ2n) is 6.97. The summed E-state index contributed by atoms with van der Waals surface area (Å²) in [5.41, 5.74) is 3.47. The van der Waals surface area contributed by atoms with Crippen molar-refractivity contribution in [1.82, 2.24) is 10.2 Å². The van der Waals surface area contributed by atoms with Crippen molar-refractivity contribution in [2.45, 2.75) is 32.7 Å². The van der Waals surface area contributed by atoms with Gasteiger partial charge in [-0.25, -0.2) is 0 Å². The van der Waals surface area contributed by atoms with Gasteiger partial charge in [-0.1, -0.05) is 29.3 Å². The predicted molar refractivity (Wildman–Crippen MR) is 109 cm³/mol. The molecule has 2 amide bonds. The van der Waals surface area contributed by atoms with Gasteiger partial charge in [-0.3, -0.25) is 9.59 Å². The molecule has 2 aromatic rings. The number of hydrogen-bond acceptors (Lipinski definition) is 2. The number of nitrogens with one attached hydrogen (secondary N) is 1. The molecule has 2 aromatic carbocycles. The first-order valence-electron chi connectivity index (χ1n) is 8.97. The standard InChI is InChI=1S/C21H22Cl2N2O2/c1-13-3-4-15(11-14(13)2)20(26)24-17-7-9-25(10-8-17)21(27)16-5-6-18(22)19(23)12-16/h3-6,11-12,17H,7-10H2,1-2H3,(H,24,26). The Kier molecular flexibility index (Phi) is 6.08. The molecule has 1 fully saturated rings.